The average molecular weight is 375 g/mol. The van der Waals surface area contributed by atoms with Crippen LogP contribution in [0.1, 0.15) is 37.0 Å². The van der Waals surface area contributed by atoms with Crippen LogP contribution in [0, 0.1) is 0 Å². The third-order valence-corrected chi connectivity index (χ3v) is 4.58. The molecule has 1 aromatic carbocycles. The molecule has 0 fully saturated rings. The second-order valence-corrected chi connectivity index (χ2v) is 7.44. The van der Waals surface area contributed by atoms with Gasteiger partial charge in [0.15, 0.2) is 0 Å². The summed E-state index contributed by atoms with van der Waals surface area (Å²) in [5, 5.41) is 4.41. The van der Waals surface area contributed by atoms with Crippen LogP contribution in [-0.4, -0.2) is 4.98 Å². The summed E-state index contributed by atoms with van der Waals surface area (Å²) in [7, 11) is 0. The van der Waals surface area contributed by atoms with Crippen molar-refractivity contribution in [2.45, 2.75) is 38.1 Å². The second kappa shape index (κ2) is 6.46. The van der Waals surface area contributed by atoms with E-state index in [0.717, 1.165) is 22.0 Å². The Hall–Kier alpha value is -0.580. The van der Waals surface area contributed by atoms with Crippen LogP contribution in [0.2, 0.25) is 5.02 Å². The smallest absolute Gasteiger partial charge is 0.142 e. The lowest BCUT2D eigenvalue weighted by atomic mass is 9.93. The third-order valence-electron chi connectivity index (χ3n) is 2.85. The molecule has 0 aliphatic rings. The first-order valence-electron chi connectivity index (χ1n) is 6.33. The summed E-state index contributed by atoms with van der Waals surface area (Å²) in [5.41, 5.74) is 2.21. The molecule has 2 aromatic rings. The number of alkyl halides is 1. The quantitative estimate of drug-likeness (QED) is 0.653. The Kier molecular flexibility index (Phi) is 5.10. The number of halogens is 2. The summed E-state index contributed by atoms with van der Waals surface area (Å²) in [4.78, 5) is 4.62. The maximum atomic E-state index is 6.19. The molecule has 20 heavy (non-hydrogen) atoms. The van der Waals surface area contributed by atoms with Gasteiger partial charge in [-0.1, -0.05) is 60.4 Å². The van der Waals surface area contributed by atoms with Crippen LogP contribution in [0.15, 0.2) is 23.6 Å². The first kappa shape index (κ1) is 15.8. The normalized spacial score (nSPS) is 11.7. The second-order valence-electron chi connectivity index (χ2n) is 5.53. The van der Waals surface area contributed by atoms with Gasteiger partial charge in [0.2, 0.25) is 0 Å². The number of thiazole rings is 1. The molecule has 2 rings (SSSR count). The molecule has 0 aliphatic carbocycles. The molecular formula is C15H17BrClNOS. The van der Waals surface area contributed by atoms with Crippen LogP contribution >= 0.6 is 38.9 Å². The number of rotatable bonds is 4. The van der Waals surface area contributed by atoms with E-state index >= 15 is 0 Å². The van der Waals surface area contributed by atoms with Gasteiger partial charge in [0.1, 0.15) is 17.4 Å². The fourth-order valence-corrected chi connectivity index (χ4v) is 3.30. The van der Waals surface area contributed by atoms with E-state index in [2.05, 4.69) is 47.1 Å². The van der Waals surface area contributed by atoms with Crippen LogP contribution in [0.4, 0.5) is 0 Å². The van der Waals surface area contributed by atoms with Crippen molar-refractivity contribution in [3.63, 3.8) is 0 Å². The molecule has 0 atom stereocenters. The molecule has 0 spiro atoms. The highest BCUT2D eigenvalue weighted by Gasteiger charge is 2.18. The van der Waals surface area contributed by atoms with E-state index in [-0.39, 0.29) is 5.41 Å². The molecule has 1 aromatic heterocycles. The van der Waals surface area contributed by atoms with Gasteiger partial charge in [-0.25, -0.2) is 4.98 Å². The maximum absolute atomic E-state index is 6.19. The van der Waals surface area contributed by atoms with E-state index in [9.17, 15) is 0 Å². The first-order chi connectivity index (χ1) is 9.41. The SMILES string of the molecule is CC(C)(C)c1csc(COc2c(Cl)cccc2CBr)n1. The number of nitrogens with zero attached hydrogens (tertiary/aromatic N) is 1. The van der Waals surface area contributed by atoms with Crippen molar-refractivity contribution in [2.24, 2.45) is 0 Å². The van der Waals surface area contributed by atoms with Crippen molar-refractivity contribution >= 4 is 38.9 Å². The van der Waals surface area contributed by atoms with Gasteiger partial charge in [-0.15, -0.1) is 11.3 Å². The van der Waals surface area contributed by atoms with E-state index in [1.54, 1.807) is 11.3 Å². The summed E-state index contributed by atoms with van der Waals surface area (Å²) < 4.78 is 5.86. The van der Waals surface area contributed by atoms with E-state index in [1.165, 1.54) is 0 Å². The van der Waals surface area contributed by atoms with Crippen LogP contribution in [0.25, 0.3) is 0 Å². The molecular weight excluding hydrogens is 358 g/mol. The zero-order valence-electron chi connectivity index (χ0n) is 11.7. The molecule has 1 heterocycles. The monoisotopic (exact) mass is 373 g/mol. The molecule has 0 saturated carbocycles. The highest BCUT2D eigenvalue weighted by molar-refractivity contribution is 9.08. The average Bonchev–Trinajstić information content (AvgIpc) is 2.85. The molecule has 0 aliphatic heterocycles. The van der Waals surface area contributed by atoms with Crippen molar-refractivity contribution in [3.8, 4) is 5.75 Å². The van der Waals surface area contributed by atoms with Crippen LogP contribution < -0.4 is 4.74 Å². The molecule has 108 valence electrons. The fourth-order valence-electron chi connectivity index (χ4n) is 1.68. The topological polar surface area (TPSA) is 22.1 Å². The van der Waals surface area contributed by atoms with Gasteiger partial charge < -0.3 is 4.74 Å². The van der Waals surface area contributed by atoms with Gasteiger partial charge in [-0.2, -0.15) is 0 Å². The summed E-state index contributed by atoms with van der Waals surface area (Å²) in [5.74, 6) is 0.735. The Morgan fingerprint density at radius 3 is 2.70 bits per heavy atom. The zero-order chi connectivity index (χ0) is 14.8. The lowest BCUT2D eigenvalue weighted by Crippen LogP contribution is -2.11. The largest absolute Gasteiger partial charge is 0.485 e. The van der Waals surface area contributed by atoms with Crippen molar-refractivity contribution in [2.75, 3.05) is 0 Å². The predicted octanol–water partition coefficient (Wildman–Crippen LogP) is 5.57. The van der Waals surface area contributed by atoms with Crippen LogP contribution in [0.5, 0.6) is 5.75 Å². The van der Waals surface area contributed by atoms with Gasteiger partial charge in [0, 0.05) is 21.7 Å². The summed E-state index contributed by atoms with van der Waals surface area (Å²) in [6.45, 7) is 6.92. The van der Waals surface area contributed by atoms with Crippen molar-refractivity contribution in [3.05, 3.63) is 44.9 Å². The molecule has 0 saturated heterocycles. The highest BCUT2D eigenvalue weighted by Crippen LogP contribution is 2.31. The molecule has 0 bridgehead atoms. The van der Waals surface area contributed by atoms with E-state index in [1.807, 2.05) is 18.2 Å². The van der Waals surface area contributed by atoms with E-state index < -0.39 is 0 Å². The number of para-hydroxylation sites is 1. The number of ether oxygens (including phenoxy) is 1. The van der Waals surface area contributed by atoms with Gasteiger partial charge in [0.05, 0.1) is 10.7 Å². The number of aromatic nitrogens is 1. The van der Waals surface area contributed by atoms with E-state index in [4.69, 9.17) is 16.3 Å². The van der Waals surface area contributed by atoms with Crippen LogP contribution in [-0.2, 0) is 17.4 Å². The van der Waals surface area contributed by atoms with Crippen molar-refractivity contribution in [1.82, 2.24) is 4.98 Å². The lowest BCUT2D eigenvalue weighted by Gasteiger charge is -2.14. The van der Waals surface area contributed by atoms with Crippen molar-refractivity contribution < 1.29 is 4.74 Å². The Morgan fingerprint density at radius 1 is 1.35 bits per heavy atom. The molecule has 0 N–H and O–H groups in total. The minimum atomic E-state index is 0.0696. The Labute approximate surface area is 137 Å². The first-order valence-corrected chi connectivity index (χ1v) is 8.70. The van der Waals surface area contributed by atoms with Crippen molar-refractivity contribution in [1.29, 1.82) is 0 Å². The minimum absolute atomic E-state index is 0.0696. The number of hydrogen-bond acceptors (Lipinski definition) is 3. The third kappa shape index (κ3) is 3.74. The van der Waals surface area contributed by atoms with E-state index in [0.29, 0.717) is 17.0 Å². The van der Waals surface area contributed by atoms with Gasteiger partial charge >= 0.3 is 0 Å². The zero-order valence-corrected chi connectivity index (χ0v) is 14.9. The van der Waals surface area contributed by atoms with Gasteiger partial charge in [-0.05, 0) is 6.07 Å². The fraction of sp³-hybridized carbons (Fsp3) is 0.400. The number of hydrogen-bond donors (Lipinski definition) is 0. The minimum Gasteiger partial charge on any atom is -0.485 e. The Bertz CT molecular complexity index is 592. The Balaban J connectivity index is 2.11. The molecule has 0 unspecified atom stereocenters. The molecule has 0 amide bonds. The maximum Gasteiger partial charge on any atom is 0.142 e. The summed E-state index contributed by atoms with van der Waals surface area (Å²) in [6, 6.07) is 5.76. The molecule has 2 nitrogen and oxygen atoms in total. The molecule has 5 heteroatoms. The molecule has 0 radical (unpaired) electrons. The highest BCUT2D eigenvalue weighted by atomic mass is 79.9. The Morgan fingerprint density at radius 2 is 2.10 bits per heavy atom. The summed E-state index contributed by atoms with van der Waals surface area (Å²) >= 11 is 11.3. The standard InChI is InChI=1S/C15H17BrClNOS/c1-15(2,3)12-9-20-13(18-12)8-19-14-10(7-16)5-4-6-11(14)17/h4-6,9H,7-8H2,1-3H3. The lowest BCUT2D eigenvalue weighted by molar-refractivity contribution is 0.303. The van der Waals surface area contributed by atoms with Gasteiger partial charge in [0.25, 0.3) is 0 Å². The predicted molar refractivity (Wildman–Crippen MR) is 89.2 cm³/mol. The number of benzene rings is 1. The van der Waals surface area contributed by atoms with Gasteiger partial charge in [-0.3, -0.25) is 0 Å². The summed E-state index contributed by atoms with van der Waals surface area (Å²) in [6.07, 6.45) is 0. The van der Waals surface area contributed by atoms with Crippen LogP contribution in [0.3, 0.4) is 0 Å².